The fourth-order valence-corrected chi connectivity index (χ4v) is 3.73. The molecular formula is C27H33N3O5. The minimum Gasteiger partial charge on any atom is -0.465 e. The van der Waals surface area contributed by atoms with Crippen molar-refractivity contribution < 1.29 is 23.9 Å². The summed E-state index contributed by atoms with van der Waals surface area (Å²) < 4.78 is 10.4. The first-order valence-corrected chi connectivity index (χ1v) is 11.7. The molecule has 0 aliphatic rings. The van der Waals surface area contributed by atoms with Crippen LogP contribution in [0.15, 0.2) is 48.5 Å². The quantitative estimate of drug-likeness (QED) is 0.430. The SMILES string of the molecule is CCOC(=O)CN(Cc1c(C(=O)OCC)[nH]c2ccc(C(C)(C)C)cc12)C(=O)Nc1ccccc1. The maximum atomic E-state index is 13.2. The molecule has 3 aromatic rings. The molecule has 0 unspecified atom stereocenters. The van der Waals surface area contributed by atoms with Gasteiger partial charge in [0.1, 0.15) is 12.2 Å². The van der Waals surface area contributed by atoms with Crippen molar-refractivity contribution in [2.45, 2.75) is 46.6 Å². The maximum absolute atomic E-state index is 13.2. The van der Waals surface area contributed by atoms with E-state index < -0.39 is 18.0 Å². The van der Waals surface area contributed by atoms with E-state index in [0.29, 0.717) is 11.3 Å². The number of H-pyrrole nitrogens is 1. The van der Waals surface area contributed by atoms with Gasteiger partial charge in [-0.25, -0.2) is 9.59 Å². The number of esters is 2. The number of amides is 2. The second kappa shape index (κ2) is 11.1. The van der Waals surface area contributed by atoms with E-state index in [1.165, 1.54) is 4.90 Å². The molecule has 0 saturated heterocycles. The van der Waals surface area contributed by atoms with Gasteiger partial charge in [0.05, 0.1) is 19.8 Å². The molecule has 0 aliphatic heterocycles. The summed E-state index contributed by atoms with van der Waals surface area (Å²) in [5.74, 6) is -1.06. The van der Waals surface area contributed by atoms with Gasteiger partial charge in [-0.2, -0.15) is 0 Å². The Balaban J connectivity index is 2.06. The van der Waals surface area contributed by atoms with Gasteiger partial charge in [-0.15, -0.1) is 0 Å². The van der Waals surface area contributed by atoms with Crippen LogP contribution in [0.1, 0.15) is 56.2 Å². The molecular weight excluding hydrogens is 446 g/mol. The molecule has 1 aromatic heterocycles. The molecule has 2 N–H and O–H groups in total. The first-order valence-electron chi connectivity index (χ1n) is 11.7. The van der Waals surface area contributed by atoms with Crippen molar-refractivity contribution in [1.82, 2.24) is 9.88 Å². The van der Waals surface area contributed by atoms with Crippen molar-refractivity contribution in [2.24, 2.45) is 0 Å². The van der Waals surface area contributed by atoms with Crippen LogP contribution in [0, 0.1) is 0 Å². The summed E-state index contributed by atoms with van der Waals surface area (Å²) in [5.41, 5.74) is 3.13. The van der Waals surface area contributed by atoms with Crippen molar-refractivity contribution in [3.8, 4) is 0 Å². The molecule has 0 aliphatic carbocycles. The van der Waals surface area contributed by atoms with Gasteiger partial charge >= 0.3 is 18.0 Å². The second-order valence-electron chi connectivity index (χ2n) is 9.17. The lowest BCUT2D eigenvalue weighted by Gasteiger charge is -2.23. The number of fused-ring (bicyclic) bond motifs is 1. The molecule has 0 bridgehead atoms. The summed E-state index contributed by atoms with van der Waals surface area (Å²) in [6.07, 6.45) is 0. The van der Waals surface area contributed by atoms with E-state index in [9.17, 15) is 14.4 Å². The largest absolute Gasteiger partial charge is 0.465 e. The third-order valence-electron chi connectivity index (χ3n) is 5.54. The first-order chi connectivity index (χ1) is 16.6. The van der Waals surface area contributed by atoms with Crippen LogP contribution in [0.25, 0.3) is 10.9 Å². The minimum absolute atomic E-state index is 0.000769. The van der Waals surface area contributed by atoms with Crippen LogP contribution in [0.4, 0.5) is 10.5 Å². The molecule has 2 aromatic carbocycles. The number of nitrogens with one attached hydrogen (secondary N) is 2. The Morgan fingerprint density at radius 3 is 2.29 bits per heavy atom. The zero-order chi connectivity index (χ0) is 25.6. The van der Waals surface area contributed by atoms with Crippen LogP contribution in [0.5, 0.6) is 0 Å². The van der Waals surface area contributed by atoms with E-state index >= 15 is 0 Å². The Kier molecular flexibility index (Phi) is 8.17. The van der Waals surface area contributed by atoms with Gasteiger partial charge in [0.25, 0.3) is 0 Å². The number of rotatable bonds is 8. The summed E-state index contributed by atoms with van der Waals surface area (Å²) in [5, 5.41) is 3.61. The molecule has 8 heteroatoms. The summed E-state index contributed by atoms with van der Waals surface area (Å²) in [6, 6.07) is 14.4. The third-order valence-corrected chi connectivity index (χ3v) is 5.54. The highest BCUT2D eigenvalue weighted by Crippen LogP contribution is 2.31. The zero-order valence-electron chi connectivity index (χ0n) is 20.9. The fourth-order valence-electron chi connectivity index (χ4n) is 3.73. The molecule has 0 radical (unpaired) electrons. The molecule has 1 heterocycles. The molecule has 0 saturated carbocycles. The summed E-state index contributed by atoms with van der Waals surface area (Å²) in [6.45, 7) is 9.88. The number of carbonyl (C=O) groups is 3. The van der Waals surface area contributed by atoms with Crippen molar-refractivity contribution >= 4 is 34.6 Å². The maximum Gasteiger partial charge on any atom is 0.355 e. The standard InChI is InChI=1S/C27H33N3O5/c1-6-34-23(31)17-30(26(33)28-19-11-9-8-10-12-19)16-21-20-15-18(27(3,4)5)13-14-22(20)29-24(21)25(32)35-7-2/h8-15,29H,6-7,16-17H2,1-5H3,(H,28,33). The average molecular weight is 480 g/mol. The average Bonchev–Trinajstić information content (AvgIpc) is 3.17. The van der Waals surface area contributed by atoms with Crippen LogP contribution in [-0.2, 0) is 26.2 Å². The predicted octanol–water partition coefficient (Wildman–Crippen LogP) is 5.24. The molecule has 0 spiro atoms. The molecule has 2 amide bonds. The highest BCUT2D eigenvalue weighted by molar-refractivity contribution is 5.99. The molecule has 0 fully saturated rings. The minimum atomic E-state index is -0.538. The van der Waals surface area contributed by atoms with Gasteiger partial charge in [0.15, 0.2) is 0 Å². The van der Waals surface area contributed by atoms with E-state index in [1.807, 2.05) is 24.3 Å². The molecule has 35 heavy (non-hydrogen) atoms. The van der Waals surface area contributed by atoms with Crippen LogP contribution >= 0.6 is 0 Å². The fraction of sp³-hybridized carbons (Fsp3) is 0.370. The summed E-state index contributed by atoms with van der Waals surface area (Å²) in [4.78, 5) is 42.9. The van der Waals surface area contributed by atoms with Gasteiger partial charge in [-0.05, 0) is 49.1 Å². The van der Waals surface area contributed by atoms with E-state index in [1.54, 1.807) is 38.1 Å². The highest BCUT2D eigenvalue weighted by Gasteiger charge is 2.26. The van der Waals surface area contributed by atoms with E-state index in [-0.39, 0.29) is 37.4 Å². The third kappa shape index (κ3) is 6.41. The normalized spacial score (nSPS) is 11.2. The first kappa shape index (κ1) is 25.8. The zero-order valence-corrected chi connectivity index (χ0v) is 20.9. The lowest BCUT2D eigenvalue weighted by molar-refractivity contribution is -0.143. The number of hydrogen-bond donors (Lipinski definition) is 2. The summed E-state index contributed by atoms with van der Waals surface area (Å²) in [7, 11) is 0. The predicted molar refractivity (Wildman–Crippen MR) is 135 cm³/mol. The number of carbonyl (C=O) groups excluding carboxylic acids is 3. The van der Waals surface area contributed by atoms with Crippen LogP contribution < -0.4 is 5.32 Å². The van der Waals surface area contributed by atoms with Gasteiger partial charge in [-0.3, -0.25) is 4.79 Å². The Bertz CT molecular complexity index is 1190. The van der Waals surface area contributed by atoms with Gasteiger partial charge in [0, 0.05) is 22.2 Å². The van der Waals surface area contributed by atoms with Crippen LogP contribution in [0.2, 0.25) is 0 Å². The van der Waals surface area contributed by atoms with E-state index in [2.05, 4.69) is 31.1 Å². The number of benzene rings is 2. The Morgan fingerprint density at radius 2 is 1.66 bits per heavy atom. The van der Waals surface area contributed by atoms with Crippen molar-refractivity contribution in [1.29, 1.82) is 0 Å². The summed E-state index contributed by atoms with van der Waals surface area (Å²) >= 11 is 0. The molecule has 3 rings (SSSR count). The number of nitrogens with zero attached hydrogens (tertiary/aromatic N) is 1. The number of ether oxygens (including phenoxy) is 2. The molecule has 8 nitrogen and oxygen atoms in total. The highest BCUT2D eigenvalue weighted by atomic mass is 16.5. The molecule has 186 valence electrons. The smallest absolute Gasteiger partial charge is 0.355 e. The Morgan fingerprint density at radius 1 is 0.971 bits per heavy atom. The van der Waals surface area contributed by atoms with Gasteiger partial charge in [-0.1, -0.05) is 45.0 Å². The number of hydrogen-bond acceptors (Lipinski definition) is 5. The van der Waals surface area contributed by atoms with E-state index in [0.717, 1.165) is 16.5 Å². The van der Waals surface area contributed by atoms with Crippen molar-refractivity contribution in [3.63, 3.8) is 0 Å². The lowest BCUT2D eigenvalue weighted by Crippen LogP contribution is -2.39. The number of aromatic amines is 1. The van der Waals surface area contributed by atoms with Crippen molar-refractivity contribution in [2.75, 3.05) is 25.1 Å². The topological polar surface area (TPSA) is 101 Å². The number of para-hydroxylation sites is 1. The molecule has 0 atom stereocenters. The van der Waals surface area contributed by atoms with E-state index in [4.69, 9.17) is 9.47 Å². The van der Waals surface area contributed by atoms with Crippen LogP contribution in [0.3, 0.4) is 0 Å². The van der Waals surface area contributed by atoms with Gasteiger partial charge in [0.2, 0.25) is 0 Å². The number of anilines is 1. The monoisotopic (exact) mass is 479 g/mol. The Hall–Kier alpha value is -3.81. The second-order valence-corrected chi connectivity index (χ2v) is 9.17. The van der Waals surface area contributed by atoms with Crippen LogP contribution in [-0.4, -0.2) is 47.6 Å². The van der Waals surface area contributed by atoms with Gasteiger partial charge < -0.3 is 24.7 Å². The van der Waals surface area contributed by atoms with Crippen molar-refractivity contribution in [3.05, 3.63) is 65.4 Å². The number of urea groups is 1. The lowest BCUT2D eigenvalue weighted by atomic mass is 9.86. The Labute approximate surface area is 205 Å². The number of aromatic nitrogens is 1.